The predicted molar refractivity (Wildman–Crippen MR) is 180 cm³/mol. The minimum absolute atomic E-state index is 0.0121. The summed E-state index contributed by atoms with van der Waals surface area (Å²) in [5, 5.41) is 7.24. The van der Waals surface area contributed by atoms with E-state index < -0.39 is 6.04 Å². The third kappa shape index (κ3) is 6.76. The van der Waals surface area contributed by atoms with Gasteiger partial charge in [0.25, 0.3) is 0 Å². The lowest BCUT2D eigenvalue weighted by molar-refractivity contribution is -0.136. The van der Waals surface area contributed by atoms with E-state index in [0.717, 1.165) is 38.0 Å². The van der Waals surface area contributed by atoms with Gasteiger partial charge in [-0.2, -0.15) is 0 Å². The minimum Gasteiger partial charge on any atom is -0.368 e. The lowest BCUT2D eigenvalue weighted by Gasteiger charge is -2.40. The number of benzene rings is 3. The summed E-state index contributed by atoms with van der Waals surface area (Å²) in [7, 11) is 0. The fourth-order valence-electron chi connectivity index (χ4n) is 7.91. The van der Waals surface area contributed by atoms with Gasteiger partial charge < -0.3 is 25.3 Å². The maximum Gasteiger partial charge on any atom is 0.245 e. The number of aryl methyl sites for hydroxylation is 1. The molecule has 0 bridgehead atoms. The van der Waals surface area contributed by atoms with Crippen LogP contribution < -0.4 is 15.5 Å². The van der Waals surface area contributed by atoms with Crippen LogP contribution in [0.1, 0.15) is 59.5 Å². The molecule has 7 nitrogen and oxygen atoms in total. The van der Waals surface area contributed by atoms with E-state index in [0.29, 0.717) is 37.0 Å². The highest BCUT2D eigenvalue weighted by molar-refractivity contribution is 6.30. The molecule has 8 heteroatoms. The Hall–Kier alpha value is -3.39. The zero-order chi connectivity index (χ0) is 30.8. The Morgan fingerprint density at radius 3 is 2.44 bits per heavy atom. The molecule has 45 heavy (non-hydrogen) atoms. The summed E-state index contributed by atoms with van der Waals surface area (Å²) in [5.74, 6) is -0.124. The quantitative estimate of drug-likeness (QED) is 0.373. The van der Waals surface area contributed by atoms with Crippen LogP contribution in [0.15, 0.2) is 66.7 Å². The van der Waals surface area contributed by atoms with Crippen LogP contribution in [0.3, 0.4) is 0 Å². The molecule has 3 heterocycles. The van der Waals surface area contributed by atoms with Crippen LogP contribution in [-0.2, 0) is 35.4 Å². The van der Waals surface area contributed by atoms with E-state index in [9.17, 15) is 9.59 Å². The van der Waals surface area contributed by atoms with E-state index in [1.54, 1.807) is 0 Å². The molecule has 2 saturated heterocycles. The Kier molecular flexibility index (Phi) is 9.11. The number of likely N-dealkylation sites (tertiary alicyclic amines) is 1. The van der Waals surface area contributed by atoms with Gasteiger partial charge in [0, 0.05) is 68.4 Å². The molecule has 0 spiro atoms. The SMILES string of the molecule is O=C(CC1NCc2ccccc21)N[C@H](Cc1ccc(Cl)cc1)C(=O)N1CCN(c2cccc3c2CC(N2CCCC2)CC3)CC1. The number of rotatable bonds is 8. The number of carbonyl (C=O) groups is 2. The van der Waals surface area contributed by atoms with Crippen LogP contribution in [-0.4, -0.2) is 73.0 Å². The molecule has 0 radical (unpaired) electrons. The number of anilines is 1. The summed E-state index contributed by atoms with van der Waals surface area (Å²) in [4.78, 5) is 34.6. The second-order valence-corrected chi connectivity index (χ2v) is 13.6. The van der Waals surface area contributed by atoms with Crippen molar-refractivity contribution >= 4 is 29.1 Å². The smallest absolute Gasteiger partial charge is 0.245 e. The number of nitrogens with zero attached hydrogens (tertiary/aromatic N) is 3. The van der Waals surface area contributed by atoms with Crippen LogP contribution in [0, 0.1) is 0 Å². The van der Waals surface area contributed by atoms with Crippen LogP contribution in [0.25, 0.3) is 0 Å². The molecule has 3 aliphatic heterocycles. The van der Waals surface area contributed by atoms with Crippen molar-refractivity contribution in [3.8, 4) is 0 Å². The van der Waals surface area contributed by atoms with E-state index in [1.165, 1.54) is 60.3 Å². The zero-order valence-electron chi connectivity index (χ0n) is 26.0. The Morgan fingerprint density at radius 2 is 1.64 bits per heavy atom. The van der Waals surface area contributed by atoms with E-state index in [-0.39, 0.29) is 17.9 Å². The number of carbonyl (C=O) groups excluding carboxylic acids is 2. The van der Waals surface area contributed by atoms with Crippen molar-refractivity contribution < 1.29 is 9.59 Å². The molecule has 0 aromatic heterocycles. The normalized spacial score (nSPS) is 22.2. The maximum atomic E-state index is 14.1. The fourth-order valence-corrected chi connectivity index (χ4v) is 8.03. The number of amides is 2. The van der Waals surface area contributed by atoms with Crippen molar-refractivity contribution in [2.24, 2.45) is 0 Å². The Labute approximate surface area is 271 Å². The highest BCUT2D eigenvalue weighted by Crippen LogP contribution is 2.34. The number of nitrogens with one attached hydrogen (secondary N) is 2. The first-order chi connectivity index (χ1) is 22.0. The third-order valence-electron chi connectivity index (χ3n) is 10.4. The molecule has 4 aliphatic rings. The summed E-state index contributed by atoms with van der Waals surface area (Å²) >= 11 is 6.14. The van der Waals surface area contributed by atoms with E-state index in [2.05, 4.69) is 50.8 Å². The predicted octanol–water partition coefficient (Wildman–Crippen LogP) is 4.90. The van der Waals surface area contributed by atoms with Gasteiger partial charge in [0.1, 0.15) is 6.04 Å². The maximum absolute atomic E-state index is 14.1. The first-order valence-corrected chi connectivity index (χ1v) is 17.1. The largest absolute Gasteiger partial charge is 0.368 e. The first-order valence-electron chi connectivity index (χ1n) is 16.8. The van der Waals surface area contributed by atoms with Crippen molar-refractivity contribution in [2.75, 3.05) is 44.2 Å². The van der Waals surface area contributed by atoms with Gasteiger partial charge in [0.2, 0.25) is 11.8 Å². The molecule has 2 unspecified atom stereocenters. The summed E-state index contributed by atoms with van der Waals surface area (Å²) in [6.07, 6.45) is 6.91. The molecule has 3 aromatic rings. The molecule has 2 N–H and O–H groups in total. The van der Waals surface area contributed by atoms with Crippen LogP contribution in [0.2, 0.25) is 5.02 Å². The fraction of sp³-hybridized carbons (Fsp3) is 0.459. The average Bonchev–Trinajstić information content (AvgIpc) is 3.76. The Bertz CT molecular complexity index is 1510. The second kappa shape index (κ2) is 13.5. The van der Waals surface area contributed by atoms with Crippen molar-refractivity contribution in [2.45, 2.75) is 69.6 Å². The van der Waals surface area contributed by atoms with E-state index >= 15 is 0 Å². The number of piperazine rings is 1. The summed E-state index contributed by atoms with van der Waals surface area (Å²) in [5.41, 5.74) is 7.72. The van der Waals surface area contributed by atoms with Crippen molar-refractivity contribution in [3.05, 3.63) is 99.6 Å². The van der Waals surface area contributed by atoms with E-state index in [4.69, 9.17) is 11.6 Å². The first kappa shape index (κ1) is 30.3. The molecule has 236 valence electrons. The minimum atomic E-state index is -0.632. The van der Waals surface area contributed by atoms with Crippen LogP contribution in [0.5, 0.6) is 0 Å². The van der Waals surface area contributed by atoms with Crippen molar-refractivity contribution in [1.29, 1.82) is 0 Å². The molecule has 2 fully saturated rings. The lowest BCUT2D eigenvalue weighted by atomic mass is 9.86. The standard InChI is InChI=1S/C37H44ClN5O2/c38-29-13-10-26(11-14-29)22-34(40-36(44)24-33-31-8-2-1-6-28(31)25-39-33)37(45)43-20-18-42(19-21-43)35-9-5-7-27-12-15-30(23-32(27)35)41-16-3-4-17-41/h1-2,5-11,13-14,30,33-34,39H,3-4,12,15-25H2,(H,40,44)/t30?,33?,34-/m1/s1. The highest BCUT2D eigenvalue weighted by atomic mass is 35.5. The second-order valence-electron chi connectivity index (χ2n) is 13.2. The van der Waals surface area contributed by atoms with Crippen LogP contribution >= 0.6 is 11.6 Å². The highest BCUT2D eigenvalue weighted by Gasteiger charge is 2.33. The average molecular weight is 626 g/mol. The number of hydrogen-bond donors (Lipinski definition) is 2. The molecule has 7 rings (SSSR count). The summed E-state index contributed by atoms with van der Waals surface area (Å²) < 4.78 is 0. The Morgan fingerprint density at radius 1 is 0.889 bits per heavy atom. The monoisotopic (exact) mass is 625 g/mol. The zero-order valence-corrected chi connectivity index (χ0v) is 26.8. The summed E-state index contributed by atoms with van der Waals surface area (Å²) in [6, 6.07) is 22.6. The van der Waals surface area contributed by atoms with Gasteiger partial charge in [0.15, 0.2) is 0 Å². The topological polar surface area (TPSA) is 67.9 Å². The van der Waals surface area contributed by atoms with Gasteiger partial charge in [0.05, 0.1) is 0 Å². The van der Waals surface area contributed by atoms with Gasteiger partial charge in [-0.15, -0.1) is 0 Å². The van der Waals surface area contributed by atoms with Crippen molar-refractivity contribution in [3.63, 3.8) is 0 Å². The molecule has 2 amide bonds. The lowest BCUT2D eigenvalue weighted by Crippen LogP contribution is -2.56. The van der Waals surface area contributed by atoms with E-state index in [1.807, 2.05) is 41.3 Å². The molecular weight excluding hydrogens is 582 g/mol. The molecule has 3 atom stereocenters. The van der Waals surface area contributed by atoms with Gasteiger partial charge in [-0.05, 0) is 91.2 Å². The number of hydrogen-bond acceptors (Lipinski definition) is 5. The molecule has 3 aromatic carbocycles. The van der Waals surface area contributed by atoms with Gasteiger partial charge in [-0.25, -0.2) is 0 Å². The van der Waals surface area contributed by atoms with Crippen molar-refractivity contribution in [1.82, 2.24) is 20.4 Å². The third-order valence-corrected chi connectivity index (χ3v) is 10.6. The number of fused-ring (bicyclic) bond motifs is 2. The number of halogens is 1. The molecule has 1 aliphatic carbocycles. The Balaban J connectivity index is 1.02. The van der Waals surface area contributed by atoms with Gasteiger partial charge >= 0.3 is 0 Å². The summed E-state index contributed by atoms with van der Waals surface area (Å²) in [6.45, 7) is 6.10. The van der Waals surface area contributed by atoms with Crippen LogP contribution in [0.4, 0.5) is 5.69 Å². The molecule has 0 saturated carbocycles. The van der Waals surface area contributed by atoms with Gasteiger partial charge in [-0.3, -0.25) is 9.59 Å². The molecular formula is C37H44ClN5O2. The van der Waals surface area contributed by atoms with Gasteiger partial charge in [-0.1, -0.05) is 60.1 Å².